The molecular weight excluding hydrogens is 280 g/mol. The van der Waals surface area contributed by atoms with Crippen molar-refractivity contribution in [1.29, 1.82) is 0 Å². The fraction of sp³-hybridized carbons (Fsp3) is 0.438. The Morgan fingerprint density at radius 3 is 2.68 bits per heavy atom. The van der Waals surface area contributed by atoms with Crippen molar-refractivity contribution >= 4 is 5.91 Å². The average molecular weight is 300 g/mol. The van der Waals surface area contributed by atoms with Gasteiger partial charge >= 0.3 is 5.69 Å². The molecular formula is C16H20N4O2. The van der Waals surface area contributed by atoms with E-state index >= 15 is 0 Å². The smallest absolute Gasteiger partial charge is 0.342 e. The van der Waals surface area contributed by atoms with Crippen LogP contribution in [0.2, 0.25) is 0 Å². The van der Waals surface area contributed by atoms with Crippen LogP contribution in [0.3, 0.4) is 0 Å². The molecule has 1 unspecified atom stereocenters. The van der Waals surface area contributed by atoms with Gasteiger partial charge in [0.25, 0.3) is 0 Å². The molecule has 2 heterocycles. The SMILES string of the molecule is CC(=O)N1CCCC(c2nn(C)c(=O)n2-c2ccccc2)C1. The Kier molecular flexibility index (Phi) is 3.83. The lowest BCUT2D eigenvalue weighted by atomic mass is 9.97. The number of aryl methyl sites for hydroxylation is 1. The van der Waals surface area contributed by atoms with Gasteiger partial charge in [-0.1, -0.05) is 18.2 Å². The van der Waals surface area contributed by atoms with E-state index in [-0.39, 0.29) is 17.5 Å². The summed E-state index contributed by atoms with van der Waals surface area (Å²) < 4.78 is 3.03. The van der Waals surface area contributed by atoms with E-state index in [0.717, 1.165) is 30.9 Å². The molecule has 0 saturated carbocycles. The predicted molar refractivity (Wildman–Crippen MR) is 83.0 cm³/mol. The predicted octanol–water partition coefficient (Wildman–Crippen LogP) is 1.30. The minimum absolute atomic E-state index is 0.0780. The molecule has 1 aliphatic heterocycles. The quantitative estimate of drug-likeness (QED) is 0.840. The van der Waals surface area contributed by atoms with Gasteiger partial charge in [-0.15, -0.1) is 0 Å². The zero-order valence-corrected chi connectivity index (χ0v) is 12.9. The van der Waals surface area contributed by atoms with Crippen molar-refractivity contribution in [1.82, 2.24) is 19.2 Å². The van der Waals surface area contributed by atoms with Crippen LogP contribution in [0.1, 0.15) is 31.5 Å². The zero-order chi connectivity index (χ0) is 15.7. The number of aromatic nitrogens is 3. The van der Waals surface area contributed by atoms with Gasteiger partial charge in [0.05, 0.1) is 5.69 Å². The van der Waals surface area contributed by atoms with Crippen molar-refractivity contribution in [2.45, 2.75) is 25.7 Å². The summed E-state index contributed by atoms with van der Waals surface area (Å²) in [5.74, 6) is 0.908. The lowest BCUT2D eigenvalue weighted by Crippen LogP contribution is -2.38. The van der Waals surface area contributed by atoms with Crippen LogP contribution in [0, 0.1) is 0 Å². The van der Waals surface area contributed by atoms with E-state index in [2.05, 4.69) is 5.10 Å². The minimum atomic E-state index is -0.152. The maximum atomic E-state index is 12.4. The first-order valence-corrected chi connectivity index (χ1v) is 7.55. The maximum Gasteiger partial charge on any atom is 0.350 e. The Bertz CT molecular complexity index is 732. The summed E-state index contributed by atoms with van der Waals surface area (Å²) in [7, 11) is 1.66. The van der Waals surface area contributed by atoms with Crippen LogP contribution < -0.4 is 5.69 Å². The number of rotatable bonds is 2. The van der Waals surface area contributed by atoms with Gasteiger partial charge in [0.2, 0.25) is 5.91 Å². The minimum Gasteiger partial charge on any atom is -0.342 e. The van der Waals surface area contributed by atoms with Crippen LogP contribution in [0.5, 0.6) is 0 Å². The highest BCUT2D eigenvalue weighted by atomic mass is 16.2. The molecule has 0 aliphatic carbocycles. The first kappa shape index (κ1) is 14.6. The lowest BCUT2D eigenvalue weighted by Gasteiger charge is -2.31. The maximum absolute atomic E-state index is 12.4. The van der Waals surface area contributed by atoms with Gasteiger partial charge in [-0.05, 0) is 25.0 Å². The highest BCUT2D eigenvalue weighted by Crippen LogP contribution is 2.26. The Balaban J connectivity index is 2.03. The van der Waals surface area contributed by atoms with Crippen LogP contribution in [-0.2, 0) is 11.8 Å². The molecule has 0 spiro atoms. The summed E-state index contributed by atoms with van der Waals surface area (Å²) in [6.07, 6.45) is 1.87. The number of hydrogen-bond acceptors (Lipinski definition) is 3. The molecule has 1 saturated heterocycles. The summed E-state index contributed by atoms with van der Waals surface area (Å²) in [5.41, 5.74) is 0.664. The van der Waals surface area contributed by atoms with Gasteiger partial charge in [0, 0.05) is 33.0 Å². The number of amides is 1. The molecule has 1 aliphatic rings. The fourth-order valence-corrected chi connectivity index (χ4v) is 3.04. The van der Waals surface area contributed by atoms with Crippen molar-refractivity contribution in [3.05, 3.63) is 46.6 Å². The summed E-state index contributed by atoms with van der Waals surface area (Å²) in [6, 6.07) is 9.53. The van der Waals surface area contributed by atoms with E-state index in [4.69, 9.17) is 0 Å². The third-order valence-corrected chi connectivity index (χ3v) is 4.20. The van der Waals surface area contributed by atoms with Crippen molar-refractivity contribution in [3.63, 3.8) is 0 Å². The molecule has 6 heteroatoms. The number of hydrogen-bond donors (Lipinski definition) is 0. The third-order valence-electron chi connectivity index (χ3n) is 4.20. The van der Waals surface area contributed by atoms with Crippen LogP contribution in [0.4, 0.5) is 0 Å². The molecule has 3 rings (SSSR count). The normalized spacial score (nSPS) is 18.5. The molecule has 1 aromatic heterocycles. The summed E-state index contributed by atoms with van der Waals surface area (Å²) in [5, 5.41) is 4.43. The number of piperidine rings is 1. The molecule has 22 heavy (non-hydrogen) atoms. The lowest BCUT2D eigenvalue weighted by molar-refractivity contribution is -0.130. The highest BCUT2D eigenvalue weighted by molar-refractivity contribution is 5.73. The Morgan fingerprint density at radius 2 is 2.00 bits per heavy atom. The van der Waals surface area contributed by atoms with E-state index in [1.54, 1.807) is 18.5 Å². The highest BCUT2D eigenvalue weighted by Gasteiger charge is 2.28. The molecule has 0 N–H and O–H groups in total. The molecule has 1 aromatic carbocycles. The molecule has 0 radical (unpaired) electrons. The van der Waals surface area contributed by atoms with Gasteiger partial charge in [-0.3, -0.25) is 4.79 Å². The van der Waals surface area contributed by atoms with Crippen LogP contribution in [0.25, 0.3) is 5.69 Å². The number of para-hydroxylation sites is 1. The molecule has 6 nitrogen and oxygen atoms in total. The molecule has 2 aromatic rings. The average Bonchev–Trinajstić information content (AvgIpc) is 2.84. The van der Waals surface area contributed by atoms with Crippen molar-refractivity contribution in [2.75, 3.05) is 13.1 Å². The van der Waals surface area contributed by atoms with Crippen LogP contribution >= 0.6 is 0 Å². The summed E-state index contributed by atoms with van der Waals surface area (Å²) in [6.45, 7) is 3.00. The van der Waals surface area contributed by atoms with E-state index in [9.17, 15) is 9.59 Å². The second-order valence-electron chi connectivity index (χ2n) is 5.74. The first-order valence-electron chi connectivity index (χ1n) is 7.55. The molecule has 1 fully saturated rings. The topological polar surface area (TPSA) is 60.1 Å². The molecule has 0 bridgehead atoms. The Morgan fingerprint density at radius 1 is 1.27 bits per heavy atom. The van der Waals surface area contributed by atoms with Crippen LogP contribution in [0.15, 0.2) is 35.1 Å². The summed E-state index contributed by atoms with van der Waals surface area (Å²) in [4.78, 5) is 25.9. The summed E-state index contributed by atoms with van der Waals surface area (Å²) >= 11 is 0. The van der Waals surface area contributed by atoms with Gasteiger partial charge in [-0.2, -0.15) is 5.10 Å². The van der Waals surface area contributed by atoms with Crippen molar-refractivity contribution in [2.24, 2.45) is 7.05 Å². The van der Waals surface area contributed by atoms with Gasteiger partial charge in [0.1, 0.15) is 5.82 Å². The standard InChI is InChI=1S/C16H20N4O2/c1-12(21)19-10-6-7-13(11-19)15-17-18(2)16(22)20(15)14-8-4-3-5-9-14/h3-5,8-9,13H,6-7,10-11H2,1-2H3. The zero-order valence-electron chi connectivity index (χ0n) is 12.9. The van der Waals surface area contributed by atoms with E-state index in [1.165, 1.54) is 4.68 Å². The van der Waals surface area contributed by atoms with Crippen LogP contribution in [-0.4, -0.2) is 38.2 Å². The molecule has 1 atom stereocenters. The largest absolute Gasteiger partial charge is 0.350 e. The van der Waals surface area contributed by atoms with Gasteiger partial charge in [-0.25, -0.2) is 14.0 Å². The first-order chi connectivity index (χ1) is 10.6. The number of carbonyl (C=O) groups excluding carboxylic acids is 1. The number of nitrogens with zero attached hydrogens (tertiary/aromatic N) is 4. The Hall–Kier alpha value is -2.37. The van der Waals surface area contributed by atoms with E-state index in [1.807, 2.05) is 35.2 Å². The fourth-order valence-electron chi connectivity index (χ4n) is 3.04. The second-order valence-corrected chi connectivity index (χ2v) is 5.74. The second kappa shape index (κ2) is 5.79. The Labute approximate surface area is 129 Å². The number of carbonyl (C=O) groups is 1. The molecule has 116 valence electrons. The van der Waals surface area contributed by atoms with Crippen molar-refractivity contribution in [3.8, 4) is 5.69 Å². The van der Waals surface area contributed by atoms with Crippen molar-refractivity contribution < 1.29 is 4.79 Å². The number of benzene rings is 1. The van der Waals surface area contributed by atoms with Gasteiger partial charge < -0.3 is 4.90 Å². The van der Waals surface area contributed by atoms with E-state index in [0.29, 0.717) is 6.54 Å². The molecule has 1 amide bonds. The van der Waals surface area contributed by atoms with Gasteiger partial charge in [0.15, 0.2) is 0 Å². The third kappa shape index (κ3) is 2.56. The van der Waals surface area contributed by atoms with E-state index < -0.39 is 0 Å². The number of likely N-dealkylation sites (tertiary alicyclic amines) is 1. The monoisotopic (exact) mass is 300 g/mol.